The molecular weight excluding hydrogens is 339 g/mol. The van der Waals surface area contributed by atoms with Gasteiger partial charge in [-0.05, 0) is 34.1 Å². The van der Waals surface area contributed by atoms with Gasteiger partial charge in [-0.2, -0.15) is 0 Å². The number of nitrogens with one attached hydrogen (secondary N) is 2. The van der Waals surface area contributed by atoms with E-state index in [1.807, 2.05) is 0 Å². The van der Waals surface area contributed by atoms with Gasteiger partial charge in [0.1, 0.15) is 5.82 Å². The molecule has 8 heteroatoms. The second kappa shape index (κ2) is 6.27. The Morgan fingerprint density at radius 1 is 1.53 bits per heavy atom. The van der Waals surface area contributed by atoms with Crippen molar-refractivity contribution in [3.63, 3.8) is 0 Å². The third kappa shape index (κ3) is 3.96. The zero-order chi connectivity index (χ0) is 13.9. The average molecular weight is 353 g/mol. The predicted octanol–water partition coefficient (Wildman–Crippen LogP) is 0.855. The van der Waals surface area contributed by atoms with E-state index in [-0.39, 0.29) is 22.0 Å². The molecule has 0 aliphatic carbocycles. The number of sulfonamides is 1. The minimum atomic E-state index is -3.68. The van der Waals surface area contributed by atoms with Crippen LogP contribution in [0.5, 0.6) is 0 Å². The van der Waals surface area contributed by atoms with Gasteiger partial charge in [-0.25, -0.2) is 17.5 Å². The molecule has 1 atom stereocenters. The zero-order valence-electron chi connectivity index (χ0n) is 10.0. The summed E-state index contributed by atoms with van der Waals surface area (Å²) in [5, 5.41) is 3.11. The number of rotatable bonds is 4. The molecule has 1 saturated heterocycles. The van der Waals surface area contributed by atoms with Crippen molar-refractivity contribution in [2.45, 2.75) is 11.0 Å². The minimum absolute atomic E-state index is 0.0117. The molecule has 1 aromatic carbocycles. The monoisotopic (exact) mass is 352 g/mol. The van der Waals surface area contributed by atoms with Crippen LogP contribution in [-0.2, 0) is 14.8 Å². The summed E-state index contributed by atoms with van der Waals surface area (Å²) < 4.78 is 45.1. The van der Waals surface area contributed by atoms with Crippen LogP contribution in [0.1, 0.15) is 0 Å². The van der Waals surface area contributed by atoms with Gasteiger partial charge < -0.3 is 10.1 Å². The Morgan fingerprint density at radius 2 is 2.32 bits per heavy atom. The molecule has 5 nitrogen and oxygen atoms in total. The van der Waals surface area contributed by atoms with Crippen LogP contribution in [0.15, 0.2) is 27.6 Å². The highest BCUT2D eigenvalue weighted by Crippen LogP contribution is 2.22. The minimum Gasteiger partial charge on any atom is -0.374 e. The number of halogens is 2. The molecule has 0 radical (unpaired) electrons. The third-order valence-electron chi connectivity index (χ3n) is 2.69. The van der Waals surface area contributed by atoms with Crippen LogP contribution in [0.4, 0.5) is 4.39 Å². The number of morpholine rings is 1. The fourth-order valence-corrected chi connectivity index (χ4v) is 3.84. The van der Waals surface area contributed by atoms with Crippen molar-refractivity contribution < 1.29 is 17.5 Å². The Kier molecular flexibility index (Phi) is 4.91. The molecule has 1 aliphatic heterocycles. The van der Waals surface area contributed by atoms with Crippen molar-refractivity contribution in [3.05, 3.63) is 28.5 Å². The smallest absolute Gasteiger partial charge is 0.241 e. The summed E-state index contributed by atoms with van der Waals surface area (Å²) in [5.41, 5.74) is 0. The molecule has 19 heavy (non-hydrogen) atoms. The molecule has 1 heterocycles. The van der Waals surface area contributed by atoms with E-state index in [2.05, 4.69) is 26.0 Å². The summed E-state index contributed by atoms with van der Waals surface area (Å²) >= 11 is 3.05. The first-order valence-electron chi connectivity index (χ1n) is 5.76. The quantitative estimate of drug-likeness (QED) is 0.843. The molecule has 1 fully saturated rings. The van der Waals surface area contributed by atoms with E-state index in [4.69, 9.17) is 4.74 Å². The number of benzene rings is 1. The van der Waals surface area contributed by atoms with E-state index >= 15 is 0 Å². The van der Waals surface area contributed by atoms with Gasteiger partial charge in [-0.15, -0.1) is 0 Å². The van der Waals surface area contributed by atoms with Crippen molar-refractivity contribution in [2.24, 2.45) is 0 Å². The molecule has 0 saturated carbocycles. The number of ether oxygens (including phenoxy) is 1. The summed E-state index contributed by atoms with van der Waals surface area (Å²) in [7, 11) is -3.68. The Hall–Kier alpha value is -0.540. The van der Waals surface area contributed by atoms with Crippen LogP contribution in [0.25, 0.3) is 0 Å². The Balaban J connectivity index is 2.05. The van der Waals surface area contributed by atoms with Crippen LogP contribution < -0.4 is 10.0 Å². The van der Waals surface area contributed by atoms with Gasteiger partial charge in [0.2, 0.25) is 10.0 Å². The van der Waals surface area contributed by atoms with Gasteiger partial charge in [0, 0.05) is 24.1 Å². The lowest BCUT2D eigenvalue weighted by molar-refractivity contribution is 0.0324. The Morgan fingerprint density at radius 3 is 2.95 bits per heavy atom. The topological polar surface area (TPSA) is 67.4 Å². The highest BCUT2D eigenvalue weighted by molar-refractivity contribution is 9.10. The maximum Gasteiger partial charge on any atom is 0.241 e. The number of hydrogen-bond donors (Lipinski definition) is 2. The molecule has 0 aromatic heterocycles. The second-order valence-corrected chi connectivity index (χ2v) is 6.71. The zero-order valence-corrected chi connectivity index (χ0v) is 12.4. The van der Waals surface area contributed by atoms with E-state index in [9.17, 15) is 12.8 Å². The SMILES string of the molecule is O=S(=O)(NCC1CNCCO1)c1ccc(F)cc1Br. The van der Waals surface area contributed by atoms with E-state index < -0.39 is 15.8 Å². The highest BCUT2D eigenvalue weighted by atomic mass is 79.9. The van der Waals surface area contributed by atoms with Crippen molar-refractivity contribution in [1.29, 1.82) is 0 Å². The summed E-state index contributed by atoms with van der Waals surface area (Å²) in [6.07, 6.45) is -0.192. The number of hydrogen-bond acceptors (Lipinski definition) is 4. The molecule has 1 aliphatic rings. The van der Waals surface area contributed by atoms with Crippen LogP contribution in [-0.4, -0.2) is 40.8 Å². The summed E-state index contributed by atoms with van der Waals surface area (Å²) in [5.74, 6) is -0.495. The molecule has 0 bridgehead atoms. The lowest BCUT2D eigenvalue weighted by Gasteiger charge is -2.23. The first-order valence-corrected chi connectivity index (χ1v) is 8.04. The summed E-state index contributed by atoms with van der Waals surface area (Å²) in [6.45, 7) is 2.12. The Labute approximate surface area is 119 Å². The van der Waals surface area contributed by atoms with Crippen molar-refractivity contribution in [2.75, 3.05) is 26.2 Å². The first-order chi connectivity index (χ1) is 8.99. The van der Waals surface area contributed by atoms with Crippen LogP contribution in [0.2, 0.25) is 0 Å². The fraction of sp³-hybridized carbons (Fsp3) is 0.455. The predicted molar refractivity (Wildman–Crippen MR) is 71.9 cm³/mol. The molecule has 1 unspecified atom stereocenters. The van der Waals surface area contributed by atoms with E-state index in [0.717, 1.165) is 18.7 Å². The molecule has 106 valence electrons. The van der Waals surface area contributed by atoms with Gasteiger partial charge in [-0.3, -0.25) is 0 Å². The van der Waals surface area contributed by atoms with Gasteiger partial charge in [0.15, 0.2) is 0 Å². The summed E-state index contributed by atoms with van der Waals surface area (Å²) in [4.78, 5) is 0.0117. The van der Waals surface area contributed by atoms with E-state index in [1.165, 1.54) is 6.07 Å². The van der Waals surface area contributed by atoms with Crippen LogP contribution in [0.3, 0.4) is 0 Å². The van der Waals surface area contributed by atoms with Crippen LogP contribution >= 0.6 is 15.9 Å². The molecule has 1 aromatic rings. The van der Waals surface area contributed by atoms with Crippen molar-refractivity contribution in [1.82, 2.24) is 10.0 Å². The maximum atomic E-state index is 12.9. The molecule has 2 N–H and O–H groups in total. The fourth-order valence-electron chi connectivity index (χ4n) is 1.72. The lowest BCUT2D eigenvalue weighted by Crippen LogP contribution is -2.45. The molecule has 0 amide bonds. The second-order valence-electron chi connectivity index (χ2n) is 4.12. The van der Waals surface area contributed by atoms with Gasteiger partial charge in [0.25, 0.3) is 0 Å². The van der Waals surface area contributed by atoms with Crippen molar-refractivity contribution in [3.8, 4) is 0 Å². The first kappa shape index (κ1) is 14.9. The molecule has 0 spiro atoms. The lowest BCUT2D eigenvalue weighted by atomic mass is 10.3. The normalized spacial score (nSPS) is 20.4. The van der Waals surface area contributed by atoms with Gasteiger partial charge in [0.05, 0.1) is 17.6 Å². The van der Waals surface area contributed by atoms with Gasteiger partial charge >= 0.3 is 0 Å². The van der Waals surface area contributed by atoms with E-state index in [0.29, 0.717) is 13.2 Å². The van der Waals surface area contributed by atoms with Crippen LogP contribution in [0, 0.1) is 5.82 Å². The average Bonchev–Trinajstić information content (AvgIpc) is 2.37. The van der Waals surface area contributed by atoms with E-state index in [1.54, 1.807) is 0 Å². The molecule has 2 rings (SSSR count). The van der Waals surface area contributed by atoms with Crippen molar-refractivity contribution >= 4 is 26.0 Å². The summed E-state index contributed by atoms with van der Waals surface area (Å²) in [6, 6.07) is 3.45. The molecular formula is C11H14BrFN2O3S. The third-order valence-corrected chi connectivity index (χ3v) is 5.09. The maximum absolute atomic E-state index is 12.9. The Bertz CT molecular complexity index is 547. The highest BCUT2D eigenvalue weighted by Gasteiger charge is 2.21. The standard InChI is InChI=1S/C11H14BrFN2O3S/c12-10-5-8(13)1-2-11(10)19(16,17)15-7-9-6-14-3-4-18-9/h1-2,5,9,14-15H,3-4,6-7H2. The van der Waals surface area contributed by atoms with Gasteiger partial charge in [-0.1, -0.05) is 0 Å². The largest absolute Gasteiger partial charge is 0.374 e.